The molecular weight excluding hydrogens is 416 g/mol. The van der Waals surface area contributed by atoms with Gasteiger partial charge >= 0.3 is 5.97 Å². The van der Waals surface area contributed by atoms with E-state index in [0.29, 0.717) is 5.92 Å². The van der Waals surface area contributed by atoms with Gasteiger partial charge in [-0.25, -0.2) is 4.79 Å². The van der Waals surface area contributed by atoms with Crippen molar-refractivity contribution in [3.05, 3.63) is 78.3 Å². The topological polar surface area (TPSA) is 84.5 Å². The number of aromatic nitrogens is 1. The van der Waals surface area contributed by atoms with E-state index < -0.39 is 5.97 Å². The fraction of sp³-hybridized carbons (Fsp3) is 0.259. The van der Waals surface area contributed by atoms with E-state index in [1.54, 1.807) is 24.7 Å². The Balaban J connectivity index is 1.67. The van der Waals surface area contributed by atoms with Gasteiger partial charge in [0.25, 0.3) is 0 Å². The number of carbonyl (C=O) groups is 2. The van der Waals surface area contributed by atoms with Crippen LogP contribution in [0.15, 0.2) is 71.5 Å². The number of carboxylic acids is 1. The maximum Gasteiger partial charge on any atom is 0.335 e. The number of aromatic carboxylic acids is 1. The second kappa shape index (κ2) is 8.98. The number of nitrogens with zero attached hydrogens (tertiary/aromatic N) is 1. The second-order valence-electron chi connectivity index (χ2n) is 8.65. The van der Waals surface area contributed by atoms with Crippen LogP contribution in [-0.2, 0) is 11.3 Å². The van der Waals surface area contributed by atoms with Gasteiger partial charge in [0.15, 0.2) is 0 Å². The van der Waals surface area contributed by atoms with E-state index in [1.807, 2.05) is 47.0 Å². The summed E-state index contributed by atoms with van der Waals surface area (Å²) >= 11 is 0. The lowest BCUT2D eigenvalue weighted by molar-refractivity contribution is -0.116. The molecule has 0 radical (unpaired) electrons. The SMILES string of the molecule is O=C(Cn1c(-c2ccoc2)c(C2CCCCC2)c2ccc(C(=O)O)cc21)Nc1ccccc1. The monoisotopic (exact) mass is 442 g/mol. The molecule has 33 heavy (non-hydrogen) atoms. The summed E-state index contributed by atoms with van der Waals surface area (Å²) in [5.74, 6) is -0.790. The van der Waals surface area contributed by atoms with E-state index in [4.69, 9.17) is 4.42 Å². The summed E-state index contributed by atoms with van der Waals surface area (Å²) in [5.41, 5.74) is 4.72. The lowest BCUT2D eigenvalue weighted by Crippen LogP contribution is -2.19. The minimum atomic E-state index is -0.984. The highest BCUT2D eigenvalue weighted by molar-refractivity contribution is 6.00. The van der Waals surface area contributed by atoms with Crippen molar-refractivity contribution in [3.63, 3.8) is 0 Å². The quantitative estimate of drug-likeness (QED) is 0.368. The number of nitrogens with one attached hydrogen (secondary N) is 1. The van der Waals surface area contributed by atoms with Gasteiger partial charge in [-0.15, -0.1) is 0 Å². The highest BCUT2D eigenvalue weighted by atomic mass is 16.4. The molecule has 168 valence electrons. The number of hydrogen-bond donors (Lipinski definition) is 2. The molecule has 2 heterocycles. The third-order valence-electron chi connectivity index (χ3n) is 6.52. The molecule has 0 atom stereocenters. The third-order valence-corrected chi connectivity index (χ3v) is 6.52. The molecule has 1 saturated carbocycles. The Morgan fingerprint density at radius 1 is 1.03 bits per heavy atom. The van der Waals surface area contributed by atoms with Gasteiger partial charge < -0.3 is 19.4 Å². The molecule has 6 nitrogen and oxygen atoms in total. The molecule has 4 aromatic rings. The molecule has 0 aliphatic heterocycles. The average Bonchev–Trinajstić information content (AvgIpc) is 3.46. The molecule has 2 aromatic heterocycles. The molecule has 6 heteroatoms. The molecule has 2 aromatic carbocycles. The Hall–Kier alpha value is -3.80. The Morgan fingerprint density at radius 2 is 1.82 bits per heavy atom. The van der Waals surface area contributed by atoms with Crippen LogP contribution in [0.25, 0.3) is 22.2 Å². The van der Waals surface area contributed by atoms with Crippen LogP contribution in [0.5, 0.6) is 0 Å². The van der Waals surface area contributed by atoms with Crippen molar-refractivity contribution in [1.29, 1.82) is 0 Å². The highest BCUT2D eigenvalue weighted by Crippen LogP contribution is 2.44. The molecular formula is C27H26N2O4. The van der Waals surface area contributed by atoms with Gasteiger partial charge in [-0.2, -0.15) is 0 Å². The average molecular weight is 443 g/mol. The van der Waals surface area contributed by atoms with Gasteiger partial charge in [-0.3, -0.25) is 4.79 Å². The molecule has 0 spiro atoms. The van der Waals surface area contributed by atoms with Crippen molar-refractivity contribution in [2.24, 2.45) is 0 Å². The number of fused-ring (bicyclic) bond motifs is 1. The molecule has 2 N–H and O–H groups in total. The first-order chi connectivity index (χ1) is 16.1. The number of hydrogen-bond acceptors (Lipinski definition) is 3. The number of rotatable bonds is 6. The lowest BCUT2D eigenvalue weighted by Gasteiger charge is -2.23. The van der Waals surface area contributed by atoms with Crippen LogP contribution < -0.4 is 5.32 Å². The number of carboxylic acid groups (broad SMARTS) is 1. The Morgan fingerprint density at radius 3 is 2.52 bits per heavy atom. The predicted molar refractivity (Wildman–Crippen MR) is 127 cm³/mol. The minimum absolute atomic E-state index is 0.0711. The van der Waals surface area contributed by atoms with E-state index in [-0.39, 0.29) is 18.0 Å². The number of amides is 1. The fourth-order valence-corrected chi connectivity index (χ4v) is 5.05. The number of benzene rings is 2. The Kier molecular flexibility index (Phi) is 5.73. The lowest BCUT2D eigenvalue weighted by atomic mass is 9.82. The molecule has 0 saturated heterocycles. The summed E-state index contributed by atoms with van der Waals surface area (Å²) in [4.78, 5) is 24.8. The van der Waals surface area contributed by atoms with Crippen molar-refractivity contribution in [1.82, 2.24) is 4.57 Å². The van der Waals surface area contributed by atoms with Gasteiger partial charge in [0.1, 0.15) is 6.54 Å². The highest BCUT2D eigenvalue weighted by Gasteiger charge is 2.28. The number of furan rings is 1. The van der Waals surface area contributed by atoms with Crippen molar-refractivity contribution in [2.45, 2.75) is 44.6 Å². The largest absolute Gasteiger partial charge is 0.478 e. The maximum absolute atomic E-state index is 13.1. The van der Waals surface area contributed by atoms with Gasteiger partial charge in [-0.05, 0) is 54.7 Å². The summed E-state index contributed by atoms with van der Waals surface area (Å²) < 4.78 is 7.37. The van der Waals surface area contributed by atoms with E-state index >= 15 is 0 Å². The zero-order valence-corrected chi connectivity index (χ0v) is 18.3. The van der Waals surface area contributed by atoms with Crippen LogP contribution in [-0.4, -0.2) is 21.6 Å². The first kappa shape index (κ1) is 21.1. The van der Waals surface area contributed by atoms with Crippen molar-refractivity contribution >= 4 is 28.5 Å². The van der Waals surface area contributed by atoms with E-state index in [0.717, 1.165) is 40.7 Å². The summed E-state index contributed by atoms with van der Waals surface area (Å²) in [7, 11) is 0. The van der Waals surface area contributed by atoms with Gasteiger partial charge in [0.2, 0.25) is 5.91 Å². The van der Waals surface area contributed by atoms with Crippen LogP contribution in [0.4, 0.5) is 5.69 Å². The standard InChI is InChI=1S/C27H26N2O4/c30-24(28-21-9-5-2-6-10-21)16-29-23-15-19(27(31)32)11-12-22(23)25(18-7-3-1-4-8-18)26(29)20-13-14-33-17-20/h2,5-6,9-15,17-18H,1,3-4,7-8,16H2,(H,28,30)(H,31,32). The van der Waals surface area contributed by atoms with Gasteiger partial charge in [0, 0.05) is 16.6 Å². The van der Waals surface area contributed by atoms with Crippen LogP contribution in [0.1, 0.15) is 53.9 Å². The predicted octanol–water partition coefficient (Wildman–Crippen LogP) is 6.29. The Bertz CT molecular complexity index is 1280. The van der Waals surface area contributed by atoms with E-state index in [1.165, 1.54) is 24.8 Å². The normalized spacial score (nSPS) is 14.4. The molecule has 1 amide bonds. The number of anilines is 1. The molecule has 1 aliphatic carbocycles. The zero-order chi connectivity index (χ0) is 22.8. The fourth-order valence-electron chi connectivity index (χ4n) is 5.05. The third kappa shape index (κ3) is 4.16. The van der Waals surface area contributed by atoms with Crippen LogP contribution in [0.3, 0.4) is 0 Å². The van der Waals surface area contributed by atoms with Crippen molar-refractivity contribution in [3.8, 4) is 11.3 Å². The van der Waals surface area contributed by atoms with Crippen LogP contribution in [0.2, 0.25) is 0 Å². The van der Waals surface area contributed by atoms with E-state index in [9.17, 15) is 14.7 Å². The smallest absolute Gasteiger partial charge is 0.335 e. The van der Waals surface area contributed by atoms with Gasteiger partial charge in [0.05, 0.1) is 29.3 Å². The molecule has 1 fully saturated rings. The molecule has 0 bridgehead atoms. The van der Waals surface area contributed by atoms with Crippen molar-refractivity contribution < 1.29 is 19.1 Å². The van der Waals surface area contributed by atoms with Gasteiger partial charge in [-0.1, -0.05) is 43.5 Å². The summed E-state index contributed by atoms with van der Waals surface area (Å²) in [5, 5.41) is 13.6. The zero-order valence-electron chi connectivity index (χ0n) is 18.3. The summed E-state index contributed by atoms with van der Waals surface area (Å²) in [6.07, 6.45) is 9.08. The van der Waals surface area contributed by atoms with Crippen LogP contribution >= 0.6 is 0 Å². The first-order valence-electron chi connectivity index (χ1n) is 11.4. The maximum atomic E-state index is 13.1. The second-order valence-corrected chi connectivity index (χ2v) is 8.65. The molecule has 1 aliphatic rings. The number of carbonyl (C=O) groups excluding carboxylic acids is 1. The van der Waals surface area contributed by atoms with Crippen molar-refractivity contribution in [2.75, 3.05) is 5.32 Å². The number of para-hydroxylation sites is 1. The molecule has 0 unspecified atom stereocenters. The van der Waals surface area contributed by atoms with Crippen LogP contribution in [0, 0.1) is 0 Å². The molecule has 5 rings (SSSR count). The summed E-state index contributed by atoms with van der Waals surface area (Å²) in [6.45, 7) is 0.0711. The first-order valence-corrected chi connectivity index (χ1v) is 11.4. The Labute approximate surface area is 191 Å². The summed E-state index contributed by atoms with van der Waals surface area (Å²) in [6, 6.07) is 16.5. The van der Waals surface area contributed by atoms with E-state index in [2.05, 4.69) is 5.32 Å². The minimum Gasteiger partial charge on any atom is -0.478 e.